The highest BCUT2D eigenvalue weighted by Gasteiger charge is 2.18. The third kappa shape index (κ3) is 1.44. The summed E-state index contributed by atoms with van der Waals surface area (Å²) >= 11 is 0. The third-order valence-corrected chi connectivity index (χ3v) is 2.82. The molecule has 2 N–H and O–H groups in total. The average Bonchev–Trinajstić information content (AvgIpc) is 2.99. The summed E-state index contributed by atoms with van der Waals surface area (Å²) in [5.74, 6) is 0.427. The van der Waals surface area contributed by atoms with E-state index in [0.717, 1.165) is 5.56 Å². The number of fused-ring (bicyclic) bond motifs is 1. The van der Waals surface area contributed by atoms with Crippen LogP contribution in [0.15, 0.2) is 23.5 Å². The monoisotopic (exact) mass is 244 g/mol. The Morgan fingerprint density at radius 3 is 2.89 bits per heavy atom. The van der Waals surface area contributed by atoms with Gasteiger partial charge in [0.05, 0.1) is 11.9 Å². The van der Waals surface area contributed by atoms with Gasteiger partial charge in [0.1, 0.15) is 6.33 Å². The molecule has 7 heteroatoms. The third-order valence-electron chi connectivity index (χ3n) is 2.82. The molecule has 3 rings (SSSR count). The molecule has 0 bridgehead atoms. The van der Waals surface area contributed by atoms with E-state index < -0.39 is 0 Å². The Kier molecular flexibility index (Phi) is 2.26. The van der Waals surface area contributed by atoms with E-state index >= 15 is 0 Å². The molecule has 0 fully saturated rings. The van der Waals surface area contributed by atoms with Crippen LogP contribution in [0.25, 0.3) is 17.0 Å². The summed E-state index contributed by atoms with van der Waals surface area (Å²) in [6.07, 6.45) is 4.82. The molecule has 7 nitrogen and oxygen atoms in total. The normalized spacial score (nSPS) is 11.5. The maximum atomic E-state index is 12.4. The zero-order valence-electron chi connectivity index (χ0n) is 10.0. The van der Waals surface area contributed by atoms with Crippen LogP contribution in [0, 0.1) is 0 Å². The Morgan fingerprint density at radius 1 is 1.39 bits per heavy atom. The molecule has 92 valence electrons. The van der Waals surface area contributed by atoms with Gasteiger partial charge in [0.25, 0.3) is 11.3 Å². The maximum Gasteiger partial charge on any atom is 0.278 e. The molecule has 0 radical (unpaired) electrons. The molecular weight excluding hydrogens is 232 g/mol. The minimum absolute atomic E-state index is 0.0649. The van der Waals surface area contributed by atoms with Crippen molar-refractivity contribution in [3.8, 4) is 11.3 Å². The molecule has 0 aromatic carbocycles. The first-order valence-corrected chi connectivity index (χ1v) is 5.63. The molecule has 0 spiro atoms. The number of aromatic amines is 2. The van der Waals surface area contributed by atoms with Gasteiger partial charge in [-0.3, -0.25) is 15.0 Å². The fourth-order valence-corrected chi connectivity index (χ4v) is 1.99. The number of rotatable bonds is 2. The van der Waals surface area contributed by atoms with Crippen molar-refractivity contribution in [1.82, 2.24) is 29.8 Å². The molecule has 18 heavy (non-hydrogen) atoms. The summed E-state index contributed by atoms with van der Waals surface area (Å²) in [5.41, 5.74) is 1.96. The number of nitrogens with zero attached hydrogens (tertiary/aromatic N) is 4. The van der Waals surface area contributed by atoms with Gasteiger partial charge >= 0.3 is 0 Å². The average molecular weight is 244 g/mol. The van der Waals surface area contributed by atoms with Gasteiger partial charge < -0.3 is 0 Å². The maximum absolute atomic E-state index is 12.4. The lowest BCUT2D eigenvalue weighted by Crippen LogP contribution is -2.22. The molecule has 0 aliphatic carbocycles. The number of H-pyrrole nitrogens is 2. The van der Waals surface area contributed by atoms with Crippen LogP contribution in [0.1, 0.15) is 25.3 Å². The van der Waals surface area contributed by atoms with E-state index in [9.17, 15) is 4.79 Å². The Morgan fingerprint density at radius 2 is 2.22 bits per heavy atom. The lowest BCUT2D eigenvalue weighted by atomic mass is 10.0. The van der Waals surface area contributed by atoms with E-state index in [1.165, 1.54) is 10.8 Å². The molecule has 0 saturated carbocycles. The number of nitrogens with one attached hydrogen (secondary N) is 2. The molecule has 0 saturated heterocycles. The van der Waals surface area contributed by atoms with E-state index in [0.29, 0.717) is 17.0 Å². The van der Waals surface area contributed by atoms with Crippen molar-refractivity contribution in [3.05, 3.63) is 34.6 Å². The van der Waals surface area contributed by atoms with Crippen LogP contribution in [0.2, 0.25) is 0 Å². The summed E-state index contributed by atoms with van der Waals surface area (Å²) in [4.78, 5) is 20.8. The van der Waals surface area contributed by atoms with Crippen LogP contribution < -0.4 is 5.56 Å². The number of hydrogen-bond acceptors (Lipinski definition) is 4. The van der Waals surface area contributed by atoms with Crippen molar-refractivity contribution < 1.29 is 0 Å². The fourth-order valence-electron chi connectivity index (χ4n) is 1.99. The van der Waals surface area contributed by atoms with Crippen LogP contribution in [0.3, 0.4) is 0 Å². The second-order valence-corrected chi connectivity index (χ2v) is 4.34. The van der Waals surface area contributed by atoms with E-state index in [4.69, 9.17) is 0 Å². The minimum Gasteiger partial charge on any atom is -0.285 e. The second-order valence-electron chi connectivity index (χ2n) is 4.34. The predicted molar refractivity (Wildman–Crippen MR) is 65.3 cm³/mol. The Labute approximate surface area is 102 Å². The van der Waals surface area contributed by atoms with Crippen molar-refractivity contribution in [2.45, 2.75) is 19.8 Å². The predicted octanol–water partition coefficient (Wildman–Crippen LogP) is 0.931. The SMILES string of the molecule is CC(C)c1c(-c2cn[nH]c2)nc2nc[nH]n2c1=O. The molecule has 3 heterocycles. The highest BCUT2D eigenvalue weighted by atomic mass is 16.1. The number of aromatic nitrogens is 6. The smallest absolute Gasteiger partial charge is 0.278 e. The van der Waals surface area contributed by atoms with Gasteiger partial charge in [-0.15, -0.1) is 0 Å². The quantitative estimate of drug-likeness (QED) is 0.701. The van der Waals surface area contributed by atoms with Crippen molar-refractivity contribution in [3.63, 3.8) is 0 Å². The lowest BCUT2D eigenvalue weighted by molar-refractivity contribution is 0.797. The molecular formula is C11H12N6O. The molecule has 0 amide bonds. The summed E-state index contributed by atoms with van der Waals surface area (Å²) in [6, 6.07) is 0. The number of hydrogen-bond donors (Lipinski definition) is 2. The summed E-state index contributed by atoms with van der Waals surface area (Å²) in [6.45, 7) is 3.93. The first-order chi connectivity index (χ1) is 8.68. The van der Waals surface area contributed by atoms with Gasteiger partial charge in [-0.2, -0.15) is 9.61 Å². The van der Waals surface area contributed by atoms with Crippen molar-refractivity contribution in [2.75, 3.05) is 0 Å². The molecule has 3 aromatic heterocycles. The molecule has 0 atom stereocenters. The fraction of sp³-hybridized carbons (Fsp3) is 0.273. The molecule has 0 unspecified atom stereocenters. The lowest BCUT2D eigenvalue weighted by Gasteiger charge is -2.09. The minimum atomic E-state index is -0.122. The van der Waals surface area contributed by atoms with Crippen molar-refractivity contribution in [1.29, 1.82) is 0 Å². The Balaban J connectivity index is 2.42. The highest BCUT2D eigenvalue weighted by molar-refractivity contribution is 5.63. The summed E-state index contributed by atoms with van der Waals surface area (Å²) in [5, 5.41) is 9.39. The van der Waals surface area contributed by atoms with Crippen molar-refractivity contribution in [2.24, 2.45) is 0 Å². The van der Waals surface area contributed by atoms with E-state index in [1.54, 1.807) is 12.4 Å². The van der Waals surface area contributed by atoms with Crippen LogP contribution in [-0.2, 0) is 0 Å². The highest BCUT2D eigenvalue weighted by Crippen LogP contribution is 2.23. The topological polar surface area (TPSA) is 91.7 Å². The van der Waals surface area contributed by atoms with Crippen LogP contribution in [0.4, 0.5) is 0 Å². The second kappa shape index (κ2) is 3.80. The van der Waals surface area contributed by atoms with Crippen LogP contribution in [0.5, 0.6) is 0 Å². The first-order valence-electron chi connectivity index (χ1n) is 5.63. The van der Waals surface area contributed by atoms with E-state index in [2.05, 4.69) is 25.3 Å². The van der Waals surface area contributed by atoms with Gasteiger partial charge in [-0.1, -0.05) is 13.8 Å². The standard InChI is InChI=1S/C11H12N6O/c1-6(2)8-9(7-3-13-14-4-7)16-11-12-5-15-17(11)10(8)18/h3-6H,1-2H3,(H,13,14)(H,12,15,16). The summed E-state index contributed by atoms with van der Waals surface area (Å²) in [7, 11) is 0. The van der Waals surface area contributed by atoms with E-state index in [1.807, 2.05) is 13.8 Å². The van der Waals surface area contributed by atoms with Gasteiger partial charge in [0.15, 0.2) is 0 Å². The Bertz CT molecular complexity index is 737. The zero-order valence-corrected chi connectivity index (χ0v) is 10.0. The van der Waals surface area contributed by atoms with Crippen LogP contribution >= 0.6 is 0 Å². The molecule has 0 aliphatic rings. The van der Waals surface area contributed by atoms with E-state index in [-0.39, 0.29) is 11.5 Å². The van der Waals surface area contributed by atoms with Gasteiger partial charge in [-0.05, 0) is 5.92 Å². The zero-order chi connectivity index (χ0) is 12.7. The van der Waals surface area contributed by atoms with Gasteiger partial charge in [-0.25, -0.2) is 9.97 Å². The molecule has 3 aromatic rings. The van der Waals surface area contributed by atoms with Crippen molar-refractivity contribution >= 4 is 5.78 Å². The molecule has 0 aliphatic heterocycles. The van der Waals surface area contributed by atoms with Gasteiger partial charge in [0, 0.05) is 17.3 Å². The Hall–Kier alpha value is -2.44. The summed E-state index contributed by atoms with van der Waals surface area (Å²) < 4.78 is 1.35. The first kappa shape index (κ1) is 10.7. The van der Waals surface area contributed by atoms with Crippen LogP contribution in [-0.4, -0.2) is 29.8 Å². The van der Waals surface area contributed by atoms with Gasteiger partial charge in [0.2, 0.25) is 0 Å². The largest absolute Gasteiger partial charge is 0.285 e.